The van der Waals surface area contributed by atoms with Crippen molar-refractivity contribution in [3.8, 4) is 11.1 Å². The Bertz CT molecular complexity index is 629. The maximum atomic E-state index is 13.7. The summed E-state index contributed by atoms with van der Waals surface area (Å²) in [6, 6.07) is 11.1. The van der Waals surface area contributed by atoms with E-state index in [9.17, 15) is 4.39 Å². The Morgan fingerprint density at radius 2 is 1.88 bits per heavy atom. The predicted molar refractivity (Wildman–Crippen MR) is 61.5 cm³/mol. The average molecular weight is 212 g/mol. The van der Waals surface area contributed by atoms with E-state index in [4.69, 9.17) is 0 Å². The third-order valence-corrected chi connectivity index (χ3v) is 2.61. The fraction of sp³-hybridized carbons (Fsp3) is 0. The molecule has 1 aromatic carbocycles. The second kappa shape index (κ2) is 3.45. The Balaban J connectivity index is 2.33. The number of nitrogens with zero attached hydrogens (tertiary/aromatic N) is 1. The number of fused-ring (bicyclic) bond motifs is 1. The van der Waals surface area contributed by atoms with Crippen molar-refractivity contribution in [2.45, 2.75) is 0 Å². The van der Waals surface area contributed by atoms with Crippen molar-refractivity contribution in [2.75, 3.05) is 0 Å². The molecule has 0 bridgehead atoms. The first-order chi connectivity index (χ1) is 7.86. The molecule has 2 aromatic heterocycles. The molecule has 0 fully saturated rings. The first-order valence-corrected chi connectivity index (χ1v) is 5.03. The molecule has 2 nitrogen and oxygen atoms in total. The van der Waals surface area contributed by atoms with Crippen LogP contribution in [0, 0.1) is 5.82 Å². The van der Waals surface area contributed by atoms with E-state index < -0.39 is 0 Å². The summed E-state index contributed by atoms with van der Waals surface area (Å²) in [5, 5.41) is 0.550. The van der Waals surface area contributed by atoms with Gasteiger partial charge in [0.05, 0.1) is 5.39 Å². The molecule has 3 aromatic rings. The van der Waals surface area contributed by atoms with Gasteiger partial charge < -0.3 is 4.98 Å². The molecular formula is C13H9FN2. The summed E-state index contributed by atoms with van der Waals surface area (Å²) >= 11 is 0. The van der Waals surface area contributed by atoms with E-state index in [1.165, 1.54) is 12.3 Å². The van der Waals surface area contributed by atoms with Crippen LogP contribution >= 0.6 is 0 Å². The van der Waals surface area contributed by atoms with Gasteiger partial charge in [0, 0.05) is 18.0 Å². The lowest BCUT2D eigenvalue weighted by molar-refractivity contribution is 0.639. The molecule has 3 rings (SSSR count). The minimum Gasteiger partial charge on any atom is -0.345 e. The van der Waals surface area contributed by atoms with Crippen LogP contribution in [0.2, 0.25) is 0 Å². The van der Waals surface area contributed by atoms with Crippen molar-refractivity contribution in [1.29, 1.82) is 0 Å². The van der Waals surface area contributed by atoms with E-state index in [2.05, 4.69) is 9.97 Å². The lowest BCUT2D eigenvalue weighted by Crippen LogP contribution is -1.81. The fourth-order valence-electron chi connectivity index (χ4n) is 1.86. The van der Waals surface area contributed by atoms with Gasteiger partial charge in [0.15, 0.2) is 0 Å². The van der Waals surface area contributed by atoms with Crippen LogP contribution in [-0.2, 0) is 0 Å². The number of rotatable bonds is 1. The van der Waals surface area contributed by atoms with Crippen LogP contribution < -0.4 is 0 Å². The monoisotopic (exact) mass is 212 g/mol. The normalized spacial score (nSPS) is 10.8. The van der Waals surface area contributed by atoms with Gasteiger partial charge in [0.2, 0.25) is 0 Å². The number of benzene rings is 1. The zero-order valence-electron chi connectivity index (χ0n) is 8.44. The standard InChI is InChI=1S/C13H9FN2/c14-11-6-7-15-13-12(11)10(8-16-13)9-4-2-1-3-5-9/h1-8H,(H,15,16). The van der Waals surface area contributed by atoms with E-state index in [1.54, 1.807) is 6.20 Å². The Kier molecular flexibility index (Phi) is 1.96. The highest BCUT2D eigenvalue weighted by molar-refractivity contribution is 5.93. The highest BCUT2D eigenvalue weighted by atomic mass is 19.1. The summed E-state index contributed by atoms with van der Waals surface area (Å²) in [7, 11) is 0. The maximum absolute atomic E-state index is 13.7. The quantitative estimate of drug-likeness (QED) is 0.658. The summed E-state index contributed by atoms with van der Waals surface area (Å²) in [5.41, 5.74) is 2.42. The number of hydrogen-bond donors (Lipinski definition) is 1. The van der Waals surface area contributed by atoms with E-state index in [1.807, 2.05) is 30.3 Å². The number of hydrogen-bond acceptors (Lipinski definition) is 1. The van der Waals surface area contributed by atoms with E-state index >= 15 is 0 Å². The van der Waals surface area contributed by atoms with Gasteiger partial charge in [-0.25, -0.2) is 9.37 Å². The number of aromatic amines is 1. The first kappa shape index (κ1) is 9.09. The summed E-state index contributed by atoms with van der Waals surface area (Å²) in [6.07, 6.45) is 3.25. The Labute approximate surface area is 91.8 Å². The zero-order valence-corrected chi connectivity index (χ0v) is 8.44. The van der Waals surface area contributed by atoms with Gasteiger partial charge in [0.1, 0.15) is 11.5 Å². The number of H-pyrrole nitrogens is 1. The van der Waals surface area contributed by atoms with Crippen molar-refractivity contribution in [3.05, 3.63) is 54.6 Å². The van der Waals surface area contributed by atoms with Gasteiger partial charge in [-0.1, -0.05) is 30.3 Å². The molecule has 0 atom stereocenters. The van der Waals surface area contributed by atoms with E-state index in [0.29, 0.717) is 11.0 Å². The highest BCUT2D eigenvalue weighted by Crippen LogP contribution is 2.28. The molecule has 0 saturated heterocycles. The molecule has 16 heavy (non-hydrogen) atoms. The maximum Gasteiger partial charge on any atom is 0.140 e. The lowest BCUT2D eigenvalue weighted by Gasteiger charge is -1.99. The molecule has 0 spiro atoms. The average Bonchev–Trinajstić information content (AvgIpc) is 2.75. The first-order valence-electron chi connectivity index (χ1n) is 5.03. The fourth-order valence-corrected chi connectivity index (χ4v) is 1.86. The van der Waals surface area contributed by atoms with Crippen molar-refractivity contribution < 1.29 is 4.39 Å². The number of pyridine rings is 1. The molecular weight excluding hydrogens is 203 g/mol. The van der Waals surface area contributed by atoms with Gasteiger partial charge in [-0.3, -0.25) is 0 Å². The van der Waals surface area contributed by atoms with Gasteiger partial charge in [0.25, 0.3) is 0 Å². The van der Waals surface area contributed by atoms with Crippen molar-refractivity contribution >= 4 is 11.0 Å². The molecule has 0 aliphatic rings. The predicted octanol–water partition coefficient (Wildman–Crippen LogP) is 3.37. The smallest absolute Gasteiger partial charge is 0.140 e. The SMILES string of the molecule is Fc1ccnc2[nH]cc(-c3ccccc3)c12. The summed E-state index contributed by atoms with van der Waals surface area (Å²) in [4.78, 5) is 7.07. The molecule has 0 amide bonds. The molecule has 78 valence electrons. The van der Waals surface area contributed by atoms with Crippen LogP contribution in [0.15, 0.2) is 48.8 Å². The van der Waals surface area contributed by atoms with Gasteiger partial charge >= 0.3 is 0 Å². The van der Waals surface area contributed by atoms with Crippen molar-refractivity contribution in [3.63, 3.8) is 0 Å². The number of nitrogens with one attached hydrogen (secondary N) is 1. The summed E-state index contributed by atoms with van der Waals surface area (Å²) < 4.78 is 13.7. The van der Waals surface area contributed by atoms with Crippen LogP contribution in [0.3, 0.4) is 0 Å². The summed E-state index contributed by atoms with van der Waals surface area (Å²) in [5.74, 6) is -0.245. The van der Waals surface area contributed by atoms with Crippen LogP contribution in [-0.4, -0.2) is 9.97 Å². The van der Waals surface area contributed by atoms with Gasteiger partial charge in [-0.15, -0.1) is 0 Å². The Morgan fingerprint density at radius 1 is 1.06 bits per heavy atom. The second-order valence-electron chi connectivity index (χ2n) is 3.58. The number of halogens is 1. The lowest BCUT2D eigenvalue weighted by atomic mass is 10.1. The summed E-state index contributed by atoms with van der Waals surface area (Å²) in [6.45, 7) is 0. The zero-order chi connectivity index (χ0) is 11.0. The molecule has 3 heteroatoms. The molecule has 0 radical (unpaired) electrons. The van der Waals surface area contributed by atoms with Gasteiger partial charge in [-0.2, -0.15) is 0 Å². The van der Waals surface area contributed by atoms with E-state index in [-0.39, 0.29) is 5.82 Å². The molecule has 1 N–H and O–H groups in total. The largest absolute Gasteiger partial charge is 0.345 e. The van der Waals surface area contributed by atoms with Crippen LogP contribution in [0.5, 0.6) is 0 Å². The second-order valence-corrected chi connectivity index (χ2v) is 3.58. The highest BCUT2D eigenvalue weighted by Gasteiger charge is 2.10. The third-order valence-electron chi connectivity index (χ3n) is 2.61. The minimum atomic E-state index is -0.245. The minimum absolute atomic E-state index is 0.245. The Hall–Kier alpha value is -2.16. The molecule has 0 unspecified atom stereocenters. The molecule has 2 heterocycles. The van der Waals surface area contributed by atoms with E-state index in [0.717, 1.165) is 11.1 Å². The van der Waals surface area contributed by atoms with Crippen LogP contribution in [0.1, 0.15) is 0 Å². The molecule has 0 aliphatic heterocycles. The van der Waals surface area contributed by atoms with Crippen LogP contribution in [0.4, 0.5) is 4.39 Å². The molecule has 0 aliphatic carbocycles. The third kappa shape index (κ3) is 1.29. The van der Waals surface area contributed by atoms with Crippen molar-refractivity contribution in [2.24, 2.45) is 0 Å². The number of aromatic nitrogens is 2. The van der Waals surface area contributed by atoms with Gasteiger partial charge in [-0.05, 0) is 11.6 Å². The van der Waals surface area contributed by atoms with Crippen LogP contribution in [0.25, 0.3) is 22.2 Å². The topological polar surface area (TPSA) is 28.7 Å². The molecule has 0 saturated carbocycles. The Morgan fingerprint density at radius 3 is 2.69 bits per heavy atom. The van der Waals surface area contributed by atoms with Crippen molar-refractivity contribution in [1.82, 2.24) is 9.97 Å².